The molecule has 1 fully saturated rings. The molecule has 2 amide bonds. The summed E-state index contributed by atoms with van der Waals surface area (Å²) >= 11 is 0. The molecule has 30 heavy (non-hydrogen) atoms. The van der Waals surface area contributed by atoms with Crippen LogP contribution in [-0.2, 0) is 4.74 Å². The van der Waals surface area contributed by atoms with Gasteiger partial charge in [-0.15, -0.1) is 12.4 Å². The number of carbonyl (C=O) groups is 1. The van der Waals surface area contributed by atoms with Gasteiger partial charge >= 0.3 is 6.03 Å². The monoisotopic (exact) mass is 424 g/mol. The third-order valence-electron chi connectivity index (χ3n) is 5.80. The third-order valence-corrected chi connectivity index (χ3v) is 5.80. The van der Waals surface area contributed by atoms with Crippen molar-refractivity contribution < 1.29 is 9.53 Å². The van der Waals surface area contributed by atoms with E-state index in [-0.39, 0.29) is 24.5 Å². The lowest BCUT2D eigenvalue weighted by atomic mass is 9.90. The highest BCUT2D eigenvalue weighted by Gasteiger charge is 2.27. The number of benzene rings is 3. The van der Waals surface area contributed by atoms with Crippen LogP contribution >= 0.6 is 12.4 Å². The molecule has 1 aliphatic rings. The summed E-state index contributed by atoms with van der Waals surface area (Å²) in [5, 5.41) is 5.62. The van der Waals surface area contributed by atoms with Crippen LogP contribution in [0.2, 0.25) is 0 Å². The van der Waals surface area contributed by atoms with Gasteiger partial charge in [0.15, 0.2) is 0 Å². The lowest BCUT2D eigenvalue weighted by Crippen LogP contribution is -2.50. The Kier molecular flexibility index (Phi) is 7.72. The van der Waals surface area contributed by atoms with E-state index in [0.29, 0.717) is 25.7 Å². The number of para-hydroxylation sites is 1. The molecular formula is C25H29ClN2O2. The van der Waals surface area contributed by atoms with Crippen molar-refractivity contribution in [3.8, 4) is 0 Å². The molecule has 4 rings (SSSR count). The van der Waals surface area contributed by atoms with Gasteiger partial charge in [0.1, 0.15) is 0 Å². The first-order valence-corrected chi connectivity index (χ1v) is 10.4. The fraction of sp³-hybridized carbons (Fsp3) is 0.320. The summed E-state index contributed by atoms with van der Waals surface area (Å²) in [5.41, 5.74) is 2.20. The lowest BCUT2D eigenvalue weighted by Gasteiger charge is -2.36. The molecule has 1 heterocycles. The van der Waals surface area contributed by atoms with Gasteiger partial charge < -0.3 is 15.0 Å². The van der Waals surface area contributed by atoms with Crippen LogP contribution in [0, 0.1) is 0 Å². The number of hydrogen-bond donors (Lipinski definition) is 1. The number of morpholine rings is 1. The van der Waals surface area contributed by atoms with Crippen molar-refractivity contribution >= 4 is 34.9 Å². The molecule has 0 aliphatic carbocycles. The second kappa shape index (κ2) is 10.5. The Labute approximate surface area is 184 Å². The zero-order valence-corrected chi connectivity index (χ0v) is 18.1. The van der Waals surface area contributed by atoms with Crippen LogP contribution in [0.15, 0.2) is 72.8 Å². The fourth-order valence-corrected chi connectivity index (χ4v) is 4.16. The average Bonchev–Trinajstić information content (AvgIpc) is 2.78. The molecule has 0 radical (unpaired) electrons. The van der Waals surface area contributed by atoms with Gasteiger partial charge in [0, 0.05) is 12.2 Å². The summed E-state index contributed by atoms with van der Waals surface area (Å²) in [6.07, 6.45) is 1.93. The number of amides is 2. The van der Waals surface area contributed by atoms with Crippen molar-refractivity contribution in [3.63, 3.8) is 0 Å². The van der Waals surface area contributed by atoms with E-state index < -0.39 is 0 Å². The van der Waals surface area contributed by atoms with Gasteiger partial charge in [-0.2, -0.15) is 0 Å². The van der Waals surface area contributed by atoms with Gasteiger partial charge in [0.05, 0.1) is 19.3 Å². The van der Waals surface area contributed by atoms with E-state index in [2.05, 4.69) is 54.7 Å². The van der Waals surface area contributed by atoms with Gasteiger partial charge in [-0.05, 0) is 47.2 Å². The SMILES string of the molecule is C[C@@H](CCC1COCCN1C(=O)Nc1ccccc1)c1cccc2ccccc12.Cl. The van der Waals surface area contributed by atoms with Crippen molar-refractivity contribution in [2.24, 2.45) is 0 Å². The minimum absolute atomic E-state index is 0. The van der Waals surface area contributed by atoms with Gasteiger partial charge in [0.25, 0.3) is 0 Å². The van der Waals surface area contributed by atoms with Crippen LogP contribution in [-0.4, -0.2) is 36.7 Å². The quantitative estimate of drug-likeness (QED) is 0.539. The molecule has 0 bridgehead atoms. The Bertz CT molecular complexity index is 958. The first-order valence-electron chi connectivity index (χ1n) is 10.4. The Morgan fingerprint density at radius 2 is 1.80 bits per heavy atom. The average molecular weight is 425 g/mol. The molecule has 1 aliphatic heterocycles. The fourth-order valence-electron chi connectivity index (χ4n) is 4.16. The second-order valence-electron chi connectivity index (χ2n) is 7.77. The number of anilines is 1. The number of hydrogen-bond acceptors (Lipinski definition) is 2. The maximum atomic E-state index is 12.8. The Morgan fingerprint density at radius 3 is 2.63 bits per heavy atom. The summed E-state index contributed by atoms with van der Waals surface area (Å²) in [4.78, 5) is 14.8. The van der Waals surface area contributed by atoms with E-state index in [4.69, 9.17) is 4.74 Å². The molecule has 3 aromatic carbocycles. The zero-order valence-electron chi connectivity index (χ0n) is 17.3. The van der Waals surface area contributed by atoms with Gasteiger partial charge in [-0.25, -0.2) is 4.79 Å². The van der Waals surface area contributed by atoms with Crippen LogP contribution in [0.25, 0.3) is 10.8 Å². The molecule has 0 spiro atoms. The van der Waals surface area contributed by atoms with Crippen molar-refractivity contribution in [1.82, 2.24) is 4.90 Å². The number of carbonyl (C=O) groups excluding carboxylic acids is 1. The standard InChI is InChI=1S/C25H28N2O2.ClH/c1-19(23-13-7-9-20-8-5-6-12-24(20)23)14-15-22-18-29-17-16-27(22)25(28)26-21-10-3-2-4-11-21;/h2-13,19,22H,14-18H2,1H3,(H,26,28);1H/t19-,22?;/m0./s1. The number of fused-ring (bicyclic) bond motifs is 1. The summed E-state index contributed by atoms with van der Waals surface area (Å²) in [6, 6.07) is 24.8. The van der Waals surface area contributed by atoms with Crippen LogP contribution in [0.3, 0.4) is 0 Å². The molecule has 158 valence electrons. The first-order chi connectivity index (χ1) is 14.2. The molecule has 2 atom stereocenters. The topological polar surface area (TPSA) is 41.6 Å². The molecule has 1 unspecified atom stereocenters. The maximum absolute atomic E-state index is 12.8. The van der Waals surface area contributed by atoms with Gasteiger partial charge in [-0.3, -0.25) is 0 Å². The van der Waals surface area contributed by atoms with Gasteiger partial charge in [-0.1, -0.05) is 67.6 Å². The molecule has 0 saturated carbocycles. The molecule has 1 N–H and O–H groups in total. The molecule has 3 aromatic rings. The Hall–Kier alpha value is -2.56. The van der Waals surface area contributed by atoms with E-state index in [1.54, 1.807) is 0 Å². The zero-order chi connectivity index (χ0) is 20.1. The summed E-state index contributed by atoms with van der Waals surface area (Å²) < 4.78 is 5.70. The minimum Gasteiger partial charge on any atom is -0.377 e. The highest BCUT2D eigenvalue weighted by Crippen LogP contribution is 2.30. The molecular weight excluding hydrogens is 396 g/mol. The normalized spacial score (nSPS) is 17.2. The van der Waals surface area contributed by atoms with E-state index in [1.807, 2.05) is 35.2 Å². The molecule has 0 aromatic heterocycles. The summed E-state index contributed by atoms with van der Waals surface area (Å²) in [5.74, 6) is 0.419. The molecule has 5 heteroatoms. The first kappa shape index (κ1) is 22.1. The Balaban J connectivity index is 0.00000256. The van der Waals surface area contributed by atoms with E-state index in [9.17, 15) is 4.79 Å². The highest BCUT2D eigenvalue weighted by atomic mass is 35.5. The Morgan fingerprint density at radius 1 is 1.07 bits per heavy atom. The maximum Gasteiger partial charge on any atom is 0.322 e. The predicted octanol–water partition coefficient (Wildman–Crippen LogP) is 6.08. The van der Waals surface area contributed by atoms with E-state index in [0.717, 1.165) is 18.5 Å². The highest BCUT2D eigenvalue weighted by molar-refractivity contribution is 5.89. The number of rotatable bonds is 5. The van der Waals surface area contributed by atoms with Crippen LogP contribution in [0.5, 0.6) is 0 Å². The second-order valence-corrected chi connectivity index (χ2v) is 7.77. The van der Waals surface area contributed by atoms with E-state index >= 15 is 0 Å². The van der Waals surface area contributed by atoms with Crippen LogP contribution in [0.1, 0.15) is 31.2 Å². The van der Waals surface area contributed by atoms with Crippen LogP contribution < -0.4 is 5.32 Å². The number of nitrogens with zero attached hydrogens (tertiary/aromatic N) is 1. The summed E-state index contributed by atoms with van der Waals surface area (Å²) in [6.45, 7) is 4.11. The summed E-state index contributed by atoms with van der Waals surface area (Å²) in [7, 11) is 0. The minimum atomic E-state index is -0.0395. The number of halogens is 1. The van der Waals surface area contributed by atoms with Crippen LogP contribution in [0.4, 0.5) is 10.5 Å². The van der Waals surface area contributed by atoms with Crippen molar-refractivity contribution in [3.05, 3.63) is 78.4 Å². The third kappa shape index (κ3) is 5.13. The van der Waals surface area contributed by atoms with Gasteiger partial charge in [0.2, 0.25) is 0 Å². The van der Waals surface area contributed by atoms with Crippen molar-refractivity contribution in [2.45, 2.75) is 31.7 Å². The smallest absolute Gasteiger partial charge is 0.322 e. The predicted molar refractivity (Wildman–Crippen MR) is 126 cm³/mol. The van der Waals surface area contributed by atoms with Crippen molar-refractivity contribution in [1.29, 1.82) is 0 Å². The molecule has 1 saturated heterocycles. The number of nitrogens with one attached hydrogen (secondary N) is 1. The molecule has 4 nitrogen and oxygen atoms in total. The van der Waals surface area contributed by atoms with E-state index in [1.165, 1.54) is 16.3 Å². The number of urea groups is 1. The lowest BCUT2D eigenvalue weighted by molar-refractivity contribution is 0.0115. The van der Waals surface area contributed by atoms with Crippen molar-refractivity contribution in [2.75, 3.05) is 25.1 Å². The largest absolute Gasteiger partial charge is 0.377 e. The number of ether oxygens (including phenoxy) is 1.